The summed E-state index contributed by atoms with van der Waals surface area (Å²) in [5, 5.41) is 3.06. The van der Waals surface area contributed by atoms with E-state index in [0.29, 0.717) is 13.0 Å². The number of amides is 1. The van der Waals surface area contributed by atoms with Gasteiger partial charge >= 0.3 is 0 Å². The van der Waals surface area contributed by atoms with Gasteiger partial charge in [0.2, 0.25) is 5.91 Å². The van der Waals surface area contributed by atoms with E-state index in [2.05, 4.69) is 68.3 Å². The first-order chi connectivity index (χ1) is 15.1. The monoisotopic (exact) mass is 475 g/mol. The molecule has 0 fully saturated rings. The van der Waals surface area contributed by atoms with E-state index in [1.165, 1.54) is 5.56 Å². The molecule has 0 bridgehead atoms. The van der Waals surface area contributed by atoms with Crippen LogP contribution in [-0.2, 0) is 24.2 Å². The summed E-state index contributed by atoms with van der Waals surface area (Å²) in [6.07, 6.45) is 2.09. The Labute approximate surface area is 191 Å². The van der Waals surface area contributed by atoms with Crippen molar-refractivity contribution in [3.8, 4) is 0 Å². The highest BCUT2D eigenvalue weighted by Crippen LogP contribution is 2.20. The molecule has 4 nitrogen and oxygen atoms in total. The molecule has 0 aliphatic rings. The molecule has 0 unspecified atom stereocenters. The van der Waals surface area contributed by atoms with E-state index < -0.39 is 0 Å². The molecule has 158 valence electrons. The first-order valence-electron chi connectivity index (χ1n) is 10.6. The number of aromatic nitrogens is 2. The Morgan fingerprint density at radius 2 is 1.74 bits per heavy atom. The van der Waals surface area contributed by atoms with Crippen LogP contribution in [0.25, 0.3) is 11.0 Å². The van der Waals surface area contributed by atoms with Gasteiger partial charge in [0.1, 0.15) is 5.82 Å². The first-order valence-corrected chi connectivity index (χ1v) is 11.4. The zero-order valence-corrected chi connectivity index (χ0v) is 19.2. The van der Waals surface area contributed by atoms with Gasteiger partial charge < -0.3 is 9.88 Å². The summed E-state index contributed by atoms with van der Waals surface area (Å²) in [6.45, 7) is 3.47. The molecule has 0 spiro atoms. The van der Waals surface area contributed by atoms with Crippen LogP contribution in [0.5, 0.6) is 0 Å². The molecule has 1 N–H and O–H groups in total. The molecule has 4 rings (SSSR count). The van der Waals surface area contributed by atoms with Crippen molar-refractivity contribution in [2.24, 2.45) is 0 Å². The van der Waals surface area contributed by atoms with Crippen LogP contribution < -0.4 is 5.32 Å². The standard InChI is InChI=1S/C26H26BrN3O/c1-19-7-2-3-8-21(19)17-26(31)28-16-6-11-25-29-23-9-4-5-10-24(23)30(25)18-20-12-14-22(27)15-13-20/h2-5,7-10,12-15H,6,11,16-18H2,1H3,(H,28,31). The van der Waals surface area contributed by atoms with Crippen molar-refractivity contribution in [3.05, 3.63) is 99.8 Å². The average molecular weight is 476 g/mol. The van der Waals surface area contributed by atoms with E-state index in [1.54, 1.807) is 0 Å². The number of aryl methyl sites for hydroxylation is 2. The number of nitrogens with one attached hydrogen (secondary N) is 1. The van der Waals surface area contributed by atoms with Gasteiger partial charge in [-0.05, 0) is 54.3 Å². The van der Waals surface area contributed by atoms with Crippen molar-refractivity contribution in [1.29, 1.82) is 0 Å². The lowest BCUT2D eigenvalue weighted by molar-refractivity contribution is -0.120. The van der Waals surface area contributed by atoms with Crippen LogP contribution in [0.3, 0.4) is 0 Å². The van der Waals surface area contributed by atoms with Crippen molar-refractivity contribution in [1.82, 2.24) is 14.9 Å². The van der Waals surface area contributed by atoms with E-state index >= 15 is 0 Å². The number of nitrogens with zero attached hydrogens (tertiary/aromatic N) is 2. The predicted molar refractivity (Wildman–Crippen MR) is 129 cm³/mol. The number of fused-ring (bicyclic) bond motifs is 1. The molecule has 5 heteroatoms. The van der Waals surface area contributed by atoms with Gasteiger partial charge in [-0.15, -0.1) is 0 Å². The third-order valence-electron chi connectivity index (χ3n) is 5.50. The van der Waals surface area contributed by atoms with Crippen molar-refractivity contribution in [2.45, 2.75) is 32.7 Å². The summed E-state index contributed by atoms with van der Waals surface area (Å²) < 4.78 is 3.36. The Morgan fingerprint density at radius 1 is 1.00 bits per heavy atom. The number of hydrogen-bond donors (Lipinski definition) is 1. The van der Waals surface area contributed by atoms with E-state index in [4.69, 9.17) is 4.98 Å². The summed E-state index contributed by atoms with van der Waals surface area (Å²) in [6, 6.07) is 24.7. The Morgan fingerprint density at radius 3 is 2.55 bits per heavy atom. The molecule has 1 aromatic heterocycles. The molecule has 0 atom stereocenters. The quantitative estimate of drug-likeness (QED) is 0.344. The van der Waals surface area contributed by atoms with Gasteiger partial charge in [-0.2, -0.15) is 0 Å². The van der Waals surface area contributed by atoms with Crippen molar-refractivity contribution < 1.29 is 4.79 Å². The third-order valence-corrected chi connectivity index (χ3v) is 6.03. The molecule has 0 aliphatic heterocycles. The van der Waals surface area contributed by atoms with Gasteiger partial charge in [0, 0.05) is 24.0 Å². The normalized spacial score (nSPS) is 11.0. The second-order valence-corrected chi connectivity index (χ2v) is 8.70. The molecule has 0 aliphatic carbocycles. The molecular formula is C26H26BrN3O. The highest BCUT2D eigenvalue weighted by Gasteiger charge is 2.11. The minimum Gasteiger partial charge on any atom is -0.356 e. The first kappa shape index (κ1) is 21.3. The molecular weight excluding hydrogens is 450 g/mol. The van der Waals surface area contributed by atoms with Gasteiger partial charge in [0.25, 0.3) is 0 Å². The molecule has 1 heterocycles. The molecule has 4 aromatic rings. The van der Waals surface area contributed by atoms with Crippen molar-refractivity contribution in [2.75, 3.05) is 6.54 Å². The summed E-state index contributed by atoms with van der Waals surface area (Å²) in [5.74, 6) is 1.12. The zero-order valence-electron chi connectivity index (χ0n) is 17.6. The van der Waals surface area contributed by atoms with Crippen LogP contribution >= 0.6 is 15.9 Å². The fourth-order valence-electron chi connectivity index (χ4n) is 3.78. The summed E-state index contributed by atoms with van der Waals surface area (Å²) >= 11 is 3.50. The summed E-state index contributed by atoms with van der Waals surface area (Å²) in [7, 11) is 0. The SMILES string of the molecule is Cc1ccccc1CC(=O)NCCCc1nc2ccccc2n1Cc1ccc(Br)cc1. The second-order valence-electron chi connectivity index (χ2n) is 7.79. The Bertz CT molecular complexity index is 1180. The van der Waals surface area contributed by atoms with Crippen LogP contribution in [0, 0.1) is 6.92 Å². The van der Waals surface area contributed by atoms with Gasteiger partial charge in [-0.1, -0.05) is 64.5 Å². The lowest BCUT2D eigenvalue weighted by Crippen LogP contribution is -2.26. The predicted octanol–water partition coefficient (Wildman–Crippen LogP) is 5.45. The fourth-order valence-corrected chi connectivity index (χ4v) is 4.05. The van der Waals surface area contributed by atoms with Crippen LogP contribution in [0.15, 0.2) is 77.3 Å². The van der Waals surface area contributed by atoms with E-state index in [0.717, 1.165) is 51.8 Å². The Balaban J connectivity index is 1.39. The number of benzene rings is 3. The summed E-state index contributed by atoms with van der Waals surface area (Å²) in [5.41, 5.74) is 5.62. The summed E-state index contributed by atoms with van der Waals surface area (Å²) in [4.78, 5) is 17.2. The number of para-hydroxylation sites is 2. The Kier molecular flexibility index (Phi) is 6.82. The molecule has 3 aromatic carbocycles. The van der Waals surface area contributed by atoms with E-state index in [-0.39, 0.29) is 5.91 Å². The number of carbonyl (C=O) groups is 1. The van der Waals surface area contributed by atoms with Crippen molar-refractivity contribution >= 4 is 32.9 Å². The van der Waals surface area contributed by atoms with Gasteiger partial charge in [-0.3, -0.25) is 4.79 Å². The maximum atomic E-state index is 12.3. The number of rotatable bonds is 8. The third kappa shape index (κ3) is 5.42. The maximum Gasteiger partial charge on any atom is 0.224 e. The lowest BCUT2D eigenvalue weighted by Gasteiger charge is -2.11. The number of hydrogen-bond acceptors (Lipinski definition) is 2. The largest absolute Gasteiger partial charge is 0.356 e. The van der Waals surface area contributed by atoms with E-state index in [9.17, 15) is 4.79 Å². The van der Waals surface area contributed by atoms with Gasteiger partial charge in [0.05, 0.1) is 17.5 Å². The topological polar surface area (TPSA) is 46.9 Å². The molecule has 31 heavy (non-hydrogen) atoms. The minimum atomic E-state index is 0.0673. The number of halogens is 1. The van der Waals surface area contributed by atoms with Crippen molar-refractivity contribution in [3.63, 3.8) is 0 Å². The molecule has 0 radical (unpaired) electrons. The molecule has 0 saturated heterocycles. The fraction of sp³-hybridized carbons (Fsp3) is 0.231. The zero-order chi connectivity index (χ0) is 21.6. The number of carbonyl (C=O) groups excluding carboxylic acids is 1. The van der Waals surface area contributed by atoms with Gasteiger partial charge in [0.15, 0.2) is 0 Å². The Hall–Kier alpha value is -2.92. The average Bonchev–Trinajstić information content (AvgIpc) is 3.12. The maximum absolute atomic E-state index is 12.3. The second kappa shape index (κ2) is 9.92. The minimum absolute atomic E-state index is 0.0673. The van der Waals surface area contributed by atoms with Crippen LogP contribution in [0.1, 0.15) is 28.9 Å². The highest BCUT2D eigenvalue weighted by atomic mass is 79.9. The lowest BCUT2D eigenvalue weighted by atomic mass is 10.1. The molecule has 0 saturated carbocycles. The highest BCUT2D eigenvalue weighted by molar-refractivity contribution is 9.10. The van der Waals surface area contributed by atoms with Crippen LogP contribution in [-0.4, -0.2) is 22.0 Å². The van der Waals surface area contributed by atoms with Crippen LogP contribution in [0.2, 0.25) is 0 Å². The smallest absolute Gasteiger partial charge is 0.224 e. The van der Waals surface area contributed by atoms with Crippen LogP contribution in [0.4, 0.5) is 0 Å². The molecule has 1 amide bonds. The number of imidazole rings is 1. The van der Waals surface area contributed by atoms with Gasteiger partial charge in [-0.25, -0.2) is 4.98 Å². The van der Waals surface area contributed by atoms with E-state index in [1.807, 2.05) is 37.3 Å².